The Kier molecular flexibility index (Phi) is 4.11. The molecule has 0 N–H and O–H groups in total. The maximum Gasteiger partial charge on any atom is 0.217 e. The van der Waals surface area contributed by atoms with Crippen LogP contribution in [0.2, 0.25) is 0 Å². The molecule has 0 saturated heterocycles. The van der Waals surface area contributed by atoms with Crippen molar-refractivity contribution in [3.63, 3.8) is 0 Å². The molecule has 0 saturated carbocycles. The summed E-state index contributed by atoms with van der Waals surface area (Å²) in [6, 6.07) is 1.35. The Labute approximate surface area is 81.4 Å². The van der Waals surface area contributed by atoms with Crippen molar-refractivity contribution in [2.24, 2.45) is 0 Å². The molecule has 0 atom stereocenters. The van der Waals surface area contributed by atoms with E-state index in [1.165, 1.54) is 24.2 Å². The van der Waals surface area contributed by atoms with Crippen LogP contribution in [0.3, 0.4) is 0 Å². The minimum Gasteiger partial charge on any atom is -0.309 e. The molecule has 13 heavy (non-hydrogen) atoms. The molecule has 1 rings (SSSR count). The van der Waals surface area contributed by atoms with Gasteiger partial charge in [-0.2, -0.15) is 4.39 Å². The van der Waals surface area contributed by atoms with Crippen molar-refractivity contribution in [2.45, 2.75) is 5.03 Å². The fraction of sp³-hybridized carbons (Fsp3) is 0.500. The molecule has 0 bridgehead atoms. The van der Waals surface area contributed by atoms with Crippen molar-refractivity contribution in [3.8, 4) is 0 Å². The number of nitrogens with zero attached hydrogens (tertiary/aromatic N) is 3. The van der Waals surface area contributed by atoms with Crippen LogP contribution in [0.4, 0.5) is 4.39 Å². The molecular formula is C8H12FN3S. The minimum atomic E-state index is -0.470. The van der Waals surface area contributed by atoms with Crippen molar-refractivity contribution >= 4 is 11.8 Å². The predicted octanol–water partition coefficient (Wildman–Crippen LogP) is 1.27. The van der Waals surface area contributed by atoms with Crippen molar-refractivity contribution < 1.29 is 4.39 Å². The van der Waals surface area contributed by atoms with E-state index in [1.807, 2.05) is 14.1 Å². The second kappa shape index (κ2) is 5.14. The Bertz CT molecular complexity index is 267. The summed E-state index contributed by atoms with van der Waals surface area (Å²) in [5.74, 6) is 0.436. The van der Waals surface area contributed by atoms with Gasteiger partial charge >= 0.3 is 0 Å². The number of hydrogen-bond acceptors (Lipinski definition) is 4. The molecule has 3 nitrogen and oxygen atoms in total. The van der Waals surface area contributed by atoms with Gasteiger partial charge in [0.2, 0.25) is 5.95 Å². The zero-order valence-corrected chi connectivity index (χ0v) is 8.51. The van der Waals surface area contributed by atoms with Gasteiger partial charge < -0.3 is 4.90 Å². The molecule has 0 fully saturated rings. The third kappa shape index (κ3) is 4.19. The number of halogens is 1. The zero-order valence-electron chi connectivity index (χ0n) is 7.70. The van der Waals surface area contributed by atoms with Gasteiger partial charge in [-0.3, -0.25) is 0 Å². The fourth-order valence-electron chi connectivity index (χ4n) is 0.729. The number of thioether (sulfide) groups is 1. The molecule has 0 unspecified atom stereocenters. The van der Waals surface area contributed by atoms with E-state index in [0.29, 0.717) is 5.03 Å². The first-order chi connectivity index (χ1) is 6.18. The van der Waals surface area contributed by atoms with Crippen LogP contribution < -0.4 is 0 Å². The number of rotatable bonds is 4. The predicted molar refractivity (Wildman–Crippen MR) is 51.3 cm³/mol. The molecule has 0 aliphatic rings. The van der Waals surface area contributed by atoms with Crippen molar-refractivity contribution in [3.05, 3.63) is 18.3 Å². The second-order valence-electron chi connectivity index (χ2n) is 2.83. The summed E-state index contributed by atoms with van der Waals surface area (Å²) in [5.41, 5.74) is 0. The van der Waals surface area contributed by atoms with Crippen LogP contribution in [0, 0.1) is 5.95 Å². The molecule has 0 amide bonds. The number of hydrogen-bond donors (Lipinski definition) is 0. The van der Waals surface area contributed by atoms with E-state index in [-0.39, 0.29) is 0 Å². The Hall–Kier alpha value is -0.680. The molecule has 0 aromatic carbocycles. The lowest BCUT2D eigenvalue weighted by Gasteiger charge is -2.07. The summed E-state index contributed by atoms with van der Waals surface area (Å²) in [6.07, 6.45) is 1.24. The summed E-state index contributed by atoms with van der Waals surface area (Å²) in [5, 5.41) is 0.689. The lowest BCUT2D eigenvalue weighted by molar-refractivity contribution is 0.437. The SMILES string of the molecule is CN(C)CCSc1cc(F)ncn1. The minimum absolute atomic E-state index is 0.470. The lowest BCUT2D eigenvalue weighted by atomic mass is 10.7. The van der Waals surface area contributed by atoms with Gasteiger partial charge in [0.15, 0.2) is 0 Å². The first kappa shape index (κ1) is 10.4. The van der Waals surface area contributed by atoms with Crippen LogP contribution in [0.25, 0.3) is 0 Å². The molecular weight excluding hydrogens is 189 g/mol. The maximum absolute atomic E-state index is 12.6. The summed E-state index contributed by atoms with van der Waals surface area (Å²) in [7, 11) is 4.00. The Morgan fingerprint density at radius 2 is 2.23 bits per heavy atom. The van der Waals surface area contributed by atoms with E-state index in [0.717, 1.165) is 12.3 Å². The Morgan fingerprint density at radius 3 is 2.85 bits per heavy atom. The quantitative estimate of drug-likeness (QED) is 0.542. The molecule has 5 heteroatoms. The molecule has 0 aliphatic carbocycles. The molecule has 72 valence electrons. The number of aromatic nitrogens is 2. The molecule has 1 heterocycles. The van der Waals surface area contributed by atoms with Crippen molar-refractivity contribution in [1.29, 1.82) is 0 Å². The van der Waals surface area contributed by atoms with Gasteiger partial charge in [0, 0.05) is 18.4 Å². The van der Waals surface area contributed by atoms with E-state index in [2.05, 4.69) is 14.9 Å². The summed E-state index contributed by atoms with van der Waals surface area (Å²) in [4.78, 5) is 9.39. The van der Waals surface area contributed by atoms with Gasteiger partial charge in [-0.25, -0.2) is 9.97 Å². The van der Waals surface area contributed by atoms with E-state index < -0.39 is 5.95 Å². The molecule has 1 aromatic heterocycles. The van der Waals surface area contributed by atoms with Crippen LogP contribution in [0.15, 0.2) is 17.4 Å². The smallest absolute Gasteiger partial charge is 0.217 e. The highest BCUT2D eigenvalue weighted by Crippen LogP contribution is 2.13. The van der Waals surface area contributed by atoms with Gasteiger partial charge in [0.05, 0.1) is 0 Å². The van der Waals surface area contributed by atoms with Crippen molar-refractivity contribution in [2.75, 3.05) is 26.4 Å². The molecule has 1 aromatic rings. The maximum atomic E-state index is 12.6. The third-order valence-electron chi connectivity index (χ3n) is 1.40. The van der Waals surface area contributed by atoms with E-state index in [4.69, 9.17) is 0 Å². The molecule has 0 radical (unpaired) electrons. The monoisotopic (exact) mass is 201 g/mol. The van der Waals surface area contributed by atoms with Crippen LogP contribution in [-0.2, 0) is 0 Å². The van der Waals surface area contributed by atoms with Gasteiger partial charge in [0.1, 0.15) is 11.4 Å². The largest absolute Gasteiger partial charge is 0.309 e. The highest BCUT2D eigenvalue weighted by Gasteiger charge is 1.98. The summed E-state index contributed by atoms with van der Waals surface area (Å²) < 4.78 is 12.6. The average Bonchev–Trinajstić information content (AvgIpc) is 2.03. The lowest BCUT2D eigenvalue weighted by Crippen LogP contribution is -2.14. The Morgan fingerprint density at radius 1 is 1.46 bits per heavy atom. The third-order valence-corrected chi connectivity index (χ3v) is 2.30. The van der Waals surface area contributed by atoms with E-state index >= 15 is 0 Å². The summed E-state index contributed by atoms with van der Waals surface area (Å²) >= 11 is 1.53. The average molecular weight is 201 g/mol. The first-order valence-corrected chi connectivity index (χ1v) is 4.92. The second-order valence-corrected chi connectivity index (χ2v) is 3.95. The van der Waals surface area contributed by atoms with Gasteiger partial charge in [0.25, 0.3) is 0 Å². The van der Waals surface area contributed by atoms with E-state index in [9.17, 15) is 4.39 Å². The van der Waals surface area contributed by atoms with Crippen LogP contribution in [0.5, 0.6) is 0 Å². The normalized spacial score (nSPS) is 10.8. The zero-order chi connectivity index (χ0) is 9.68. The van der Waals surface area contributed by atoms with Crippen molar-refractivity contribution in [1.82, 2.24) is 14.9 Å². The molecule has 0 aliphatic heterocycles. The van der Waals surface area contributed by atoms with Gasteiger partial charge in [-0.05, 0) is 14.1 Å². The first-order valence-electron chi connectivity index (χ1n) is 3.93. The van der Waals surface area contributed by atoms with E-state index in [1.54, 1.807) is 0 Å². The van der Waals surface area contributed by atoms with Gasteiger partial charge in [-0.15, -0.1) is 11.8 Å². The summed E-state index contributed by atoms with van der Waals surface area (Å²) in [6.45, 7) is 0.955. The van der Waals surface area contributed by atoms with Crippen LogP contribution in [0.1, 0.15) is 0 Å². The van der Waals surface area contributed by atoms with Gasteiger partial charge in [-0.1, -0.05) is 0 Å². The van der Waals surface area contributed by atoms with Crippen LogP contribution >= 0.6 is 11.8 Å². The topological polar surface area (TPSA) is 29.0 Å². The van der Waals surface area contributed by atoms with Crippen LogP contribution in [-0.4, -0.2) is 41.3 Å². The Balaban J connectivity index is 2.37. The highest BCUT2D eigenvalue weighted by atomic mass is 32.2. The fourth-order valence-corrected chi connectivity index (χ4v) is 1.70. The standard InChI is InChI=1S/C8H12FN3S/c1-12(2)3-4-13-8-5-7(9)10-6-11-8/h5-6H,3-4H2,1-2H3. The highest BCUT2D eigenvalue weighted by molar-refractivity contribution is 7.99. The molecule has 0 spiro atoms.